The molecule has 1 saturated carbocycles. The van der Waals surface area contributed by atoms with Crippen molar-refractivity contribution in [3.63, 3.8) is 0 Å². The van der Waals surface area contributed by atoms with Gasteiger partial charge in [0.2, 0.25) is 0 Å². The van der Waals surface area contributed by atoms with Crippen LogP contribution in [0.5, 0.6) is 0 Å². The molecule has 0 spiro atoms. The molecule has 1 N–H and O–H groups in total. The summed E-state index contributed by atoms with van der Waals surface area (Å²) < 4.78 is 17.1. The Balaban J connectivity index is 1.78. The first kappa shape index (κ1) is 17.5. The molecule has 6 nitrogen and oxygen atoms in total. The van der Waals surface area contributed by atoms with Gasteiger partial charge >= 0.3 is 11.9 Å². The van der Waals surface area contributed by atoms with E-state index in [1.165, 1.54) is 0 Å². The number of allylic oxidation sites excluding steroid dienone is 1. The molecule has 2 saturated heterocycles. The van der Waals surface area contributed by atoms with Crippen LogP contribution in [0, 0.1) is 11.8 Å². The van der Waals surface area contributed by atoms with Gasteiger partial charge in [-0.25, -0.2) is 9.59 Å². The lowest BCUT2D eigenvalue weighted by molar-refractivity contribution is -0.151. The minimum absolute atomic E-state index is 0.0783. The highest BCUT2D eigenvalue weighted by atomic mass is 16.6. The van der Waals surface area contributed by atoms with E-state index in [1.807, 2.05) is 13.8 Å². The molecule has 26 heavy (non-hydrogen) atoms. The lowest BCUT2D eigenvalue weighted by atomic mass is 9.80. The molecular weight excluding hydrogens is 336 g/mol. The van der Waals surface area contributed by atoms with E-state index in [9.17, 15) is 14.7 Å². The molecule has 6 heteroatoms. The summed E-state index contributed by atoms with van der Waals surface area (Å²) >= 11 is 0. The second kappa shape index (κ2) is 5.54. The van der Waals surface area contributed by atoms with Crippen LogP contribution in [-0.2, 0) is 23.8 Å². The molecule has 0 amide bonds. The van der Waals surface area contributed by atoms with E-state index in [0.717, 1.165) is 11.1 Å². The average Bonchev–Trinajstić information content (AvgIpc) is 3.06. The summed E-state index contributed by atoms with van der Waals surface area (Å²) in [7, 11) is 0. The van der Waals surface area contributed by atoms with Gasteiger partial charge in [-0.15, -0.1) is 0 Å². The van der Waals surface area contributed by atoms with Gasteiger partial charge in [0.1, 0.15) is 23.9 Å². The standard InChI is InChI=1S/C20H24O6/c1-6-8(2)18(22)24-16-9(3)11-7-12-20(5,26-12)14(11)17-13(15(16)21)10(4)19(23)25-17/h6,12-17,21H,4,7H2,1-3,5H3/b8-6-/t12-,13+,14-,15+,16+,17-,20-/m0/s1. The highest BCUT2D eigenvalue weighted by molar-refractivity contribution is 5.91. The number of aliphatic hydroxyl groups excluding tert-OH is 1. The molecule has 2 aliphatic heterocycles. The van der Waals surface area contributed by atoms with Crippen LogP contribution in [0.2, 0.25) is 0 Å². The first-order valence-electron chi connectivity index (χ1n) is 8.99. The third-order valence-electron chi connectivity index (χ3n) is 6.57. The molecule has 3 fully saturated rings. The predicted octanol–water partition coefficient (Wildman–Crippen LogP) is 1.83. The van der Waals surface area contributed by atoms with Gasteiger partial charge in [0.05, 0.1) is 12.0 Å². The number of rotatable bonds is 2. The Bertz CT molecular complexity index is 777. The summed E-state index contributed by atoms with van der Waals surface area (Å²) in [5, 5.41) is 11.1. The summed E-state index contributed by atoms with van der Waals surface area (Å²) in [5.74, 6) is -1.75. The number of carbonyl (C=O) groups excluding carboxylic acids is 2. The Hall–Kier alpha value is -1.92. The van der Waals surface area contributed by atoms with Gasteiger partial charge in [-0.1, -0.05) is 18.2 Å². The lowest BCUT2D eigenvalue weighted by Gasteiger charge is -2.29. The van der Waals surface area contributed by atoms with E-state index < -0.39 is 41.8 Å². The first-order valence-corrected chi connectivity index (χ1v) is 8.99. The minimum atomic E-state index is -1.09. The highest BCUT2D eigenvalue weighted by Crippen LogP contribution is 2.62. The zero-order valence-electron chi connectivity index (χ0n) is 15.4. The Morgan fingerprint density at radius 1 is 1.46 bits per heavy atom. The Labute approximate surface area is 152 Å². The largest absolute Gasteiger partial charge is 0.457 e. The topological polar surface area (TPSA) is 85.4 Å². The van der Waals surface area contributed by atoms with E-state index in [0.29, 0.717) is 12.0 Å². The van der Waals surface area contributed by atoms with Crippen LogP contribution in [0.1, 0.15) is 34.1 Å². The fourth-order valence-corrected chi connectivity index (χ4v) is 4.79. The van der Waals surface area contributed by atoms with Crippen molar-refractivity contribution >= 4 is 11.9 Å². The van der Waals surface area contributed by atoms with E-state index in [-0.39, 0.29) is 17.6 Å². The Morgan fingerprint density at radius 2 is 2.15 bits per heavy atom. The molecule has 140 valence electrons. The van der Waals surface area contributed by atoms with Crippen LogP contribution >= 0.6 is 0 Å². The molecule has 4 aliphatic rings. The van der Waals surface area contributed by atoms with Crippen LogP contribution < -0.4 is 0 Å². The number of hydrogen-bond donors (Lipinski definition) is 1. The molecule has 7 atom stereocenters. The molecule has 0 aromatic rings. The maximum atomic E-state index is 12.3. The van der Waals surface area contributed by atoms with Crippen LogP contribution in [0.15, 0.2) is 34.9 Å². The van der Waals surface area contributed by atoms with Gasteiger partial charge < -0.3 is 19.3 Å². The zero-order valence-corrected chi connectivity index (χ0v) is 15.4. The van der Waals surface area contributed by atoms with Crippen molar-refractivity contribution in [2.75, 3.05) is 0 Å². The molecule has 0 aromatic carbocycles. The third-order valence-corrected chi connectivity index (χ3v) is 6.57. The summed E-state index contributed by atoms with van der Waals surface area (Å²) in [6, 6.07) is 0. The quantitative estimate of drug-likeness (QED) is 0.350. The van der Waals surface area contributed by atoms with Crippen LogP contribution in [-0.4, -0.2) is 47.1 Å². The molecular formula is C20H24O6. The summed E-state index contributed by atoms with van der Waals surface area (Å²) in [6.07, 6.45) is -0.0265. The number of epoxide rings is 1. The van der Waals surface area contributed by atoms with E-state index >= 15 is 0 Å². The maximum absolute atomic E-state index is 12.3. The van der Waals surface area contributed by atoms with Crippen molar-refractivity contribution in [3.05, 3.63) is 34.9 Å². The number of ether oxygens (including phenoxy) is 3. The Morgan fingerprint density at radius 3 is 2.81 bits per heavy atom. The van der Waals surface area contributed by atoms with Crippen molar-refractivity contribution in [3.8, 4) is 0 Å². The average molecular weight is 360 g/mol. The monoisotopic (exact) mass is 360 g/mol. The molecule has 2 aliphatic carbocycles. The van der Waals surface area contributed by atoms with Crippen molar-refractivity contribution < 1.29 is 28.9 Å². The van der Waals surface area contributed by atoms with Crippen molar-refractivity contribution in [1.82, 2.24) is 0 Å². The molecule has 0 aromatic heterocycles. The van der Waals surface area contributed by atoms with E-state index in [2.05, 4.69) is 6.58 Å². The normalized spacial score (nSPS) is 44.1. The number of hydrogen-bond acceptors (Lipinski definition) is 6. The third kappa shape index (κ3) is 2.18. The van der Waals surface area contributed by atoms with Gasteiger partial charge in [-0.05, 0) is 39.7 Å². The van der Waals surface area contributed by atoms with Crippen LogP contribution in [0.4, 0.5) is 0 Å². The van der Waals surface area contributed by atoms with Gasteiger partial charge in [0, 0.05) is 17.1 Å². The second-order valence-corrected chi connectivity index (χ2v) is 7.89. The molecule has 4 rings (SSSR count). The van der Waals surface area contributed by atoms with E-state index in [4.69, 9.17) is 14.2 Å². The van der Waals surface area contributed by atoms with Gasteiger partial charge in [-0.2, -0.15) is 0 Å². The predicted molar refractivity (Wildman–Crippen MR) is 91.9 cm³/mol. The summed E-state index contributed by atoms with van der Waals surface area (Å²) in [6.45, 7) is 11.1. The van der Waals surface area contributed by atoms with Crippen molar-refractivity contribution in [2.24, 2.45) is 11.8 Å². The number of fused-ring (bicyclic) bond motifs is 5. The smallest absolute Gasteiger partial charge is 0.334 e. The van der Waals surface area contributed by atoms with Gasteiger partial charge in [0.25, 0.3) is 0 Å². The molecule has 0 unspecified atom stereocenters. The Kier molecular flexibility index (Phi) is 3.72. The van der Waals surface area contributed by atoms with Gasteiger partial charge in [-0.3, -0.25) is 0 Å². The fraction of sp³-hybridized carbons (Fsp3) is 0.600. The SMILES string of the molecule is C=C1C(=O)O[C@H]2[C@H]1[C@@H](O)[C@H](OC(=O)/C(C)=C\C)C(C)=C1C[C@@H]3O[C@]3(C)[C@@H]12. The van der Waals surface area contributed by atoms with Crippen molar-refractivity contribution in [1.29, 1.82) is 0 Å². The summed E-state index contributed by atoms with van der Waals surface area (Å²) in [4.78, 5) is 24.5. The lowest BCUT2D eigenvalue weighted by Crippen LogP contribution is -2.43. The number of aliphatic hydroxyl groups is 1. The summed E-state index contributed by atoms with van der Waals surface area (Å²) in [5.41, 5.74) is 2.19. The number of carbonyl (C=O) groups is 2. The highest BCUT2D eigenvalue weighted by Gasteiger charge is 2.70. The maximum Gasteiger partial charge on any atom is 0.334 e. The minimum Gasteiger partial charge on any atom is -0.457 e. The molecule has 2 heterocycles. The second-order valence-electron chi connectivity index (χ2n) is 7.89. The fourth-order valence-electron chi connectivity index (χ4n) is 4.79. The van der Waals surface area contributed by atoms with Crippen LogP contribution in [0.3, 0.4) is 0 Å². The number of esters is 2. The van der Waals surface area contributed by atoms with E-state index in [1.54, 1.807) is 19.9 Å². The first-order chi connectivity index (χ1) is 12.2. The van der Waals surface area contributed by atoms with Crippen molar-refractivity contribution in [2.45, 2.75) is 64.1 Å². The van der Waals surface area contributed by atoms with Crippen LogP contribution in [0.25, 0.3) is 0 Å². The van der Waals surface area contributed by atoms with Gasteiger partial charge in [0.15, 0.2) is 0 Å². The zero-order chi connectivity index (χ0) is 19.0. The molecule has 0 bridgehead atoms. The molecule has 0 radical (unpaired) electrons.